The molecular formula is C20H21Cl2N. The van der Waals surface area contributed by atoms with Crippen molar-refractivity contribution in [3.8, 4) is 0 Å². The van der Waals surface area contributed by atoms with Gasteiger partial charge < -0.3 is 0 Å². The zero-order valence-electron chi connectivity index (χ0n) is 13.1. The molecule has 2 unspecified atom stereocenters. The lowest BCUT2D eigenvalue weighted by Gasteiger charge is -2.34. The fraction of sp³-hybridized carbons (Fsp3) is 0.400. The first kappa shape index (κ1) is 15.5. The maximum Gasteiger partial charge on any atom is 0.0406 e. The monoisotopic (exact) mass is 345 g/mol. The Balaban J connectivity index is 1.65. The average molecular weight is 346 g/mol. The Labute approximate surface area is 148 Å². The predicted octanol–water partition coefficient (Wildman–Crippen LogP) is 6.28. The fourth-order valence-electron chi connectivity index (χ4n) is 3.97. The molecule has 23 heavy (non-hydrogen) atoms. The van der Waals surface area contributed by atoms with E-state index < -0.39 is 0 Å². The molecule has 4 rings (SSSR count). The molecule has 3 heteroatoms. The molecule has 2 atom stereocenters. The Bertz CT molecular complexity index is 661. The van der Waals surface area contributed by atoms with Crippen LogP contribution in [0.15, 0.2) is 48.5 Å². The Kier molecular flexibility index (Phi) is 4.36. The van der Waals surface area contributed by atoms with E-state index >= 15 is 0 Å². The third kappa shape index (κ3) is 3.28. The van der Waals surface area contributed by atoms with E-state index in [1.807, 2.05) is 24.3 Å². The van der Waals surface area contributed by atoms with Gasteiger partial charge in [0.1, 0.15) is 0 Å². The van der Waals surface area contributed by atoms with Crippen molar-refractivity contribution in [1.29, 1.82) is 0 Å². The number of nitrogens with zero attached hydrogens (tertiary/aromatic N) is 1. The molecule has 0 aromatic heterocycles. The maximum atomic E-state index is 6.08. The van der Waals surface area contributed by atoms with E-state index in [1.54, 1.807) is 0 Å². The van der Waals surface area contributed by atoms with Gasteiger partial charge in [0.05, 0.1) is 0 Å². The molecule has 2 aromatic carbocycles. The van der Waals surface area contributed by atoms with Gasteiger partial charge in [0.15, 0.2) is 0 Å². The molecule has 1 saturated heterocycles. The van der Waals surface area contributed by atoms with Crippen LogP contribution in [0.5, 0.6) is 0 Å². The lowest BCUT2D eigenvalue weighted by Crippen LogP contribution is -2.30. The highest BCUT2D eigenvalue weighted by Crippen LogP contribution is 2.50. The zero-order valence-corrected chi connectivity index (χ0v) is 14.6. The van der Waals surface area contributed by atoms with Crippen molar-refractivity contribution in [2.24, 2.45) is 5.92 Å². The van der Waals surface area contributed by atoms with Crippen molar-refractivity contribution in [1.82, 2.24) is 4.90 Å². The highest BCUT2D eigenvalue weighted by Gasteiger charge is 2.41. The number of hydrogen-bond donors (Lipinski definition) is 0. The standard InChI is InChI=1S/C20H21Cl2N/c21-17-9-5-14(6-10-17)19-2-1-13-23(19)20(15-3-4-15)16-7-11-18(22)12-8-16/h5-12,15,19-20H,1-4,13H2. The zero-order chi connectivity index (χ0) is 15.8. The number of hydrogen-bond acceptors (Lipinski definition) is 1. The Morgan fingerprint density at radius 3 is 2.04 bits per heavy atom. The summed E-state index contributed by atoms with van der Waals surface area (Å²) in [7, 11) is 0. The van der Waals surface area contributed by atoms with Crippen molar-refractivity contribution < 1.29 is 0 Å². The molecule has 2 aromatic rings. The van der Waals surface area contributed by atoms with E-state index in [9.17, 15) is 0 Å². The summed E-state index contributed by atoms with van der Waals surface area (Å²) in [4.78, 5) is 2.71. The highest BCUT2D eigenvalue weighted by molar-refractivity contribution is 6.30. The van der Waals surface area contributed by atoms with Crippen LogP contribution >= 0.6 is 23.2 Å². The van der Waals surface area contributed by atoms with Gasteiger partial charge in [0.2, 0.25) is 0 Å². The van der Waals surface area contributed by atoms with Crippen molar-refractivity contribution in [2.45, 2.75) is 37.8 Å². The van der Waals surface area contributed by atoms with Gasteiger partial charge in [-0.2, -0.15) is 0 Å². The summed E-state index contributed by atoms with van der Waals surface area (Å²) in [6, 6.07) is 17.9. The van der Waals surface area contributed by atoms with Crippen LogP contribution in [-0.2, 0) is 0 Å². The third-order valence-corrected chi connectivity index (χ3v) is 5.69. The SMILES string of the molecule is Clc1ccc(C2CCCN2C(c2ccc(Cl)cc2)C2CC2)cc1. The first-order valence-electron chi connectivity index (χ1n) is 8.49. The second-order valence-electron chi connectivity index (χ2n) is 6.78. The van der Waals surface area contributed by atoms with Crippen LogP contribution < -0.4 is 0 Å². The summed E-state index contributed by atoms with van der Waals surface area (Å²) in [5, 5.41) is 1.63. The number of likely N-dealkylation sites (tertiary alicyclic amines) is 1. The first-order valence-corrected chi connectivity index (χ1v) is 9.24. The van der Waals surface area contributed by atoms with Gasteiger partial charge in [-0.1, -0.05) is 47.5 Å². The third-order valence-electron chi connectivity index (χ3n) is 5.19. The molecule has 1 heterocycles. The Morgan fingerprint density at radius 2 is 1.43 bits per heavy atom. The Morgan fingerprint density at radius 1 is 0.826 bits per heavy atom. The summed E-state index contributed by atoms with van der Waals surface area (Å²) in [6.45, 7) is 1.18. The predicted molar refractivity (Wildman–Crippen MR) is 97.1 cm³/mol. The van der Waals surface area contributed by atoms with E-state index in [4.69, 9.17) is 23.2 Å². The van der Waals surface area contributed by atoms with Gasteiger partial charge in [-0.25, -0.2) is 0 Å². The van der Waals surface area contributed by atoms with E-state index in [0.29, 0.717) is 12.1 Å². The van der Waals surface area contributed by atoms with Gasteiger partial charge >= 0.3 is 0 Å². The van der Waals surface area contributed by atoms with Crippen molar-refractivity contribution >= 4 is 23.2 Å². The number of benzene rings is 2. The molecular weight excluding hydrogens is 325 g/mol. The minimum Gasteiger partial charge on any atom is -0.289 e. The van der Waals surface area contributed by atoms with Crippen LogP contribution in [0.3, 0.4) is 0 Å². The van der Waals surface area contributed by atoms with Crippen LogP contribution in [0.25, 0.3) is 0 Å². The number of rotatable bonds is 4. The first-order chi connectivity index (χ1) is 11.2. The summed E-state index contributed by atoms with van der Waals surface area (Å²) < 4.78 is 0. The summed E-state index contributed by atoms with van der Waals surface area (Å²) in [5.74, 6) is 0.795. The molecule has 0 amide bonds. The second kappa shape index (κ2) is 6.47. The van der Waals surface area contributed by atoms with Crippen LogP contribution in [0.4, 0.5) is 0 Å². The van der Waals surface area contributed by atoms with Crippen LogP contribution in [-0.4, -0.2) is 11.4 Å². The van der Waals surface area contributed by atoms with Crippen LogP contribution in [0.2, 0.25) is 10.0 Å². The highest BCUT2D eigenvalue weighted by atomic mass is 35.5. The van der Waals surface area contributed by atoms with E-state index in [2.05, 4.69) is 29.2 Å². The second-order valence-corrected chi connectivity index (χ2v) is 7.65. The van der Waals surface area contributed by atoms with E-state index in [0.717, 1.165) is 16.0 Å². The molecule has 2 aliphatic rings. The molecule has 0 spiro atoms. The normalized spacial score (nSPS) is 23.1. The minimum atomic E-state index is 0.508. The minimum absolute atomic E-state index is 0.508. The average Bonchev–Trinajstić information content (AvgIpc) is 3.28. The fourth-order valence-corrected chi connectivity index (χ4v) is 4.22. The molecule has 0 radical (unpaired) electrons. The van der Waals surface area contributed by atoms with Crippen molar-refractivity contribution in [2.75, 3.05) is 6.54 Å². The molecule has 0 bridgehead atoms. The molecule has 1 saturated carbocycles. The molecule has 0 N–H and O–H groups in total. The Hall–Kier alpha value is -1.02. The van der Waals surface area contributed by atoms with Gasteiger partial charge in [-0.05, 0) is 73.5 Å². The van der Waals surface area contributed by atoms with Crippen molar-refractivity contribution in [3.63, 3.8) is 0 Å². The quantitative estimate of drug-likeness (QED) is 0.629. The lowest BCUT2D eigenvalue weighted by molar-refractivity contribution is 0.161. The van der Waals surface area contributed by atoms with Gasteiger partial charge in [0.25, 0.3) is 0 Å². The topological polar surface area (TPSA) is 3.24 Å². The largest absolute Gasteiger partial charge is 0.289 e. The van der Waals surface area contributed by atoms with Gasteiger partial charge in [0, 0.05) is 22.1 Å². The van der Waals surface area contributed by atoms with Crippen LogP contribution in [0.1, 0.15) is 48.9 Å². The van der Waals surface area contributed by atoms with E-state index in [-0.39, 0.29) is 0 Å². The summed E-state index contributed by atoms with van der Waals surface area (Å²) in [5.41, 5.74) is 2.81. The van der Waals surface area contributed by atoms with Crippen molar-refractivity contribution in [3.05, 3.63) is 69.7 Å². The molecule has 1 nitrogen and oxygen atoms in total. The summed E-state index contributed by atoms with van der Waals surface area (Å²) >= 11 is 12.1. The lowest BCUT2D eigenvalue weighted by atomic mass is 9.97. The van der Waals surface area contributed by atoms with E-state index in [1.165, 1.54) is 43.4 Å². The molecule has 1 aliphatic heterocycles. The molecule has 120 valence electrons. The van der Waals surface area contributed by atoms with Gasteiger partial charge in [-0.15, -0.1) is 0 Å². The molecule has 2 fully saturated rings. The summed E-state index contributed by atoms with van der Waals surface area (Å²) in [6.07, 6.45) is 5.19. The van der Waals surface area contributed by atoms with Crippen LogP contribution in [0, 0.1) is 5.92 Å². The number of halogens is 2. The maximum absolute atomic E-state index is 6.08. The smallest absolute Gasteiger partial charge is 0.0406 e. The van der Waals surface area contributed by atoms with Gasteiger partial charge in [-0.3, -0.25) is 4.90 Å². The molecule has 1 aliphatic carbocycles.